The zero-order chi connectivity index (χ0) is 23.0. The van der Waals surface area contributed by atoms with E-state index in [9.17, 15) is 36.0 Å². The van der Waals surface area contributed by atoms with Crippen LogP contribution in [0.4, 0.5) is 18.9 Å². The molecule has 0 spiro atoms. The minimum absolute atomic E-state index is 0.0738. The summed E-state index contributed by atoms with van der Waals surface area (Å²) in [6, 6.07) is 3.89. The Morgan fingerprint density at radius 3 is 2.39 bits per heavy atom. The standard InChI is InChI=1S/C18H19F3N4O5S/c1-10-14(16(27)24-17(28)22-10)31(29,30)25-8-2-3-11(9-25)15(26)23-13-6-4-12(5-7-13)18(19,20)21/h4-7,11H,2-3,8-9H2,1H3,(H,23,26)(H2,22,24,27,28). The lowest BCUT2D eigenvalue weighted by Gasteiger charge is -2.31. The van der Waals surface area contributed by atoms with Gasteiger partial charge in [0.2, 0.25) is 15.9 Å². The molecule has 9 nitrogen and oxygen atoms in total. The Balaban J connectivity index is 1.76. The summed E-state index contributed by atoms with van der Waals surface area (Å²) in [6.07, 6.45) is -3.80. The predicted octanol–water partition coefficient (Wildman–Crippen LogP) is 1.43. The van der Waals surface area contributed by atoms with Gasteiger partial charge in [-0.15, -0.1) is 0 Å². The maximum Gasteiger partial charge on any atom is 0.416 e. The fraction of sp³-hybridized carbons (Fsp3) is 0.389. The molecule has 1 amide bonds. The van der Waals surface area contributed by atoms with Gasteiger partial charge in [-0.3, -0.25) is 14.6 Å². The van der Waals surface area contributed by atoms with Crippen LogP contribution in [0.25, 0.3) is 0 Å². The van der Waals surface area contributed by atoms with Crippen LogP contribution in [0.2, 0.25) is 0 Å². The Morgan fingerprint density at radius 2 is 1.81 bits per heavy atom. The summed E-state index contributed by atoms with van der Waals surface area (Å²) in [5.41, 5.74) is -2.73. The molecule has 0 aliphatic carbocycles. The third kappa shape index (κ3) is 4.88. The zero-order valence-corrected chi connectivity index (χ0v) is 17.1. The quantitative estimate of drug-likeness (QED) is 0.635. The minimum Gasteiger partial charge on any atom is -0.326 e. The number of H-pyrrole nitrogens is 2. The van der Waals surface area contributed by atoms with Crippen LogP contribution in [0, 0.1) is 12.8 Å². The number of carbonyl (C=O) groups excluding carboxylic acids is 1. The lowest BCUT2D eigenvalue weighted by Crippen LogP contribution is -2.45. The predicted molar refractivity (Wildman–Crippen MR) is 104 cm³/mol. The number of piperidine rings is 1. The number of hydrogen-bond acceptors (Lipinski definition) is 5. The minimum atomic E-state index is -4.50. The summed E-state index contributed by atoms with van der Waals surface area (Å²) >= 11 is 0. The molecular formula is C18H19F3N4O5S. The van der Waals surface area contributed by atoms with Crippen LogP contribution in [0.1, 0.15) is 24.1 Å². The van der Waals surface area contributed by atoms with Crippen LogP contribution >= 0.6 is 0 Å². The third-order valence-corrected chi connectivity index (χ3v) is 6.93. The number of aromatic nitrogens is 2. The van der Waals surface area contributed by atoms with E-state index in [0.717, 1.165) is 28.6 Å². The number of rotatable bonds is 4. The van der Waals surface area contributed by atoms with E-state index in [2.05, 4.69) is 10.3 Å². The number of anilines is 1. The molecule has 1 aromatic heterocycles. The van der Waals surface area contributed by atoms with Crippen LogP contribution < -0.4 is 16.6 Å². The molecule has 1 fully saturated rings. The Bertz CT molecular complexity index is 1200. The van der Waals surface area contributed by atoms with Gasteiger partial charge in [-0.2, -0.15) is 17.5 Å². The van der Waals surface area contributed by atoms with Crippen molar-refractivity contribution in [3.05, 3.63) is 56.4 Å². The van der Waals surface area contributed by atoms with E-state index in [1.807, 2.05) is 4.98 Å². The SMILES string of the molecule is Cc1[nH]c(=O)[nH]c(=O)c1S(=O)(=O)N1CCCC(C(=O)Nc2ccc(C(F)(F)F)cc2)C1. The van der Waals surface area contributed by atoms with Gasteiger partial charge in [0.25, 0.3) is 5.56 Å². The molecule has 1 atom stereocenters. The number of aromatic amines is 2. The number of nitrogens with one attached hydrogen (secondary N) is 3. The molecule has 3 N–H and O–H groups in total. The summed E-state index contributed by atoms with van der Waals surface area (Å²) in [7, 11) is -4.29. The average Bonchev–Trinajstić information content (AvgIpc) is 2.66. The van der Waals surface area contributed by atoms with Crippen LogP contribution in [-0.2, 0) is 21.0 Å². The van der Waals surface area contributed by atoms with Gasteiger partial charge in [0.1, 0.15) is 0 Å². The molecule has 1 aliphatic rings. The first-order chi connectivity index (χ1) is 14.4. The first-order valence-corrected chi connectivity index (χ1v) is 10.6. The number of aryl methyl sites for hydroxylation is 1. The highest BCUT2D eigenvalue weighted by Crippen LogP contribution is 2.30. The number of nitrogens with zero attached hydrogens (tertiary/aromatic N) is 1. The molecule has 2 heterocycles. The Labute approximate surface area is 174 Å². The number of carbonyl (C=O) groups is 1. The van der Waals surface area contributed by atoms with Crippen molar-refractivity contribution >= 4 is 21.6 Å². The number of amides is 1. The molecule has 31 heavy (non-hydrogen) atoms. The highest BCUT2D eigenvalue weighted by Gasteiger charge is 2.36. The maximum absolute atomic E-state index is 12.9. The lowest BCUT2D eigenvalue weighted by molar-refractivity contribution is -0.137. The maximum atomic E-state index is 12.9. The van der Waals surface area contributed by atoms with Crippen molar-refractivity contribution < 1.29 is 26.4 Å². The van der Waals surface area contributed by atoms with E-state index in [1.165, 1.54) is 6.92 Å². The summed E-state index contributed by atoms with van der Waals surface area (Å²) in [5.74, 6) is -1.32. The van der Waals surface area contributed by atoms with Crippen LogP contribution in [-0.4, -0.2) is 41.7 Å². The van der Waals surface area contributed by atoms with Crippen LogP contribution in [0.3, 0.4) is 0 Å². The fourth-order valence-corrected chi connectivity index (χ4v) is 5.12. The second kappa shape index (κ2) is 8.30. The highest BCUT2D eigenvalue weighted by atomic mass is 32.2. The van der Waals surface area contributed by atoms with Gasteiger partial charge in [0.05, 0.1) is 11.5 Å². The van der Waals surface area contributed by atoms with Crippen molar-refractivity contribution in [3.63, 3.8) is 0 Å². The monoisotopic (exact) mass is 460 g/mol. The summed E-state index contributed by atoms with van der Waals surface area (Å²) < 4.78 is 64.8. The number of hydrogen-bond donors (Lipinski definition) is 3. The van der Waals surface area contributed by atoms with Gasteiger partial charge >= 0.3 is 11.9 Å². The van der Waals surface area contributed by atoms with Gasteiger partial charge in [0, 0.05) is 24.5 Å². The molecule has 0 bridgehead atoms. The molecule has 1 unspecified atom stereocenters. The number of alkyl halides is 3. The normalized spacial score (nSPS) is 18.0. The molecule has 0 radical (unpaired) electrons. The molecule has 1 saturated heterocycles. The van der Waals surface area contributed by atoms with Crippen molar-refractivity contribution in [2.75, 3.05) is 18.4 Å². The second-order valence-corrected chi connectivity index (χ2v) is 9.00. The zero-order valence-electron chi connectivity index (χ0n) is 16.2. The van der Waals surface area contributed by atoms with Gasteiger partial charge in [-0.05, 0) is 44.0 Å². The van der Waals surface area contributed by atoms with Gasteiger partial charge in [-0.1, -0.05) is 0 Å². The molecule has 3 rings (SSSR count). The number of benzene rings is 1. The average molecular weight is 460 g/mol. The lowest BCUT2D eigenvalue weighted by atomic mass is 9.98. The van der Waals surface area contributed by atoms with Crippen LogP contribution in [0.5, 0.6) is 0 Å². The Kier molecular flexibility index (Phi) is 6.09. The molecule has 0 saturated carbocycles. The molecule has 2 aromatic rings. The summed E-state index contributed by atoms with van der Waals surface area (Å²) in [6.45, 7) is 1.14. The van der Waals surface area contributed by atoms with E-state index < -0.39 is 49.7 Å². The molecular weight excluding hydrogens is 441 g/mol. The topological polar surface area (TPSA) is 132 Å². The Morgan fingerprint density at radius 1 is 1.16 bits per heavy atom. The van der Waals surface area contributed by atoms with Crippen molar-refractivity contribution in [1.82, 2.24) is 14.3 Å². The van der Waals surface area contributed by atoms with Gasteiger partial charge in [-0.25, -0.2) is 13.2 Å². The van der Waals surface area contributed by atoms with E-state index in [4.69, 9.17) is 0 Å². The van der Waals surface area contributed by atoms with Crippen molar-refractivity contribution in [2.45, 2.75) is 30.8 Å². The van der Waals surface area contributed by atoms with E-state index in [1.54, 1.807) is 0 Å². The summed E-state index contributed by atoms with van der Waals surface area (Å²) in [4.78, 5) is 39.5. The van der Waals surface area contributed by atoms with Crippen molar-refractivity contribution in [1.29, 1.82) is 0 Å². The summed E-state index contributed by atoms with van der Waals surface area (Å²) in [5, 5.41) is 2.49. The highest BCUT2D eigenvalue weighted by molar-refractivity contribution is 7.89. The van der Waals surface area contributed by atoms with Crippen molar-refractivity contribution in [3.8, 4) is 0 Å². The van der Waals surface area contributed by atoms with E-state index >= 15 is 0 Å². The van der Waals surface area contributed by atoms with Gasteiger partial charge in [0.15, 0.2) is 4.90 Å². The molecule has 168 valence electrons. The van der Waals surface area contributed by atoms with Gasteiger partial charge < -0.3 is 10.3 Å². The first kappa shape index (κ1) is 22.7. The first-order valence-electron chi connectivity index (χ1n) is 9.21. The molecule has 1 aliphatic heterocycles. The number of sulfonamides is 1. The van der Waals surface area contributed by atoms with Crippen molar-refractivity contribution in [2.24, 2.45) is 5.92 Å². The van der Waals surface area contributed by atoms with E-state index in [0.29, 0.717) is 12.8 Å². The third-order valence-electron chi connectivity index (χ3n) is 4.91. The molecule has 13 heteroatoms. The smallest absolute Gasteiger partial charge is 0.326 e. The molecule has 1 aromatic carbocycles. The second-order valence-electron chi connectivity index (χ2n) is 7.13. The fourth-order valence-electron chi connectivity index (χ4n) is 3.39. The largest absolute Gasteiger partial charge is 0.416 e. The van der Waals surface area contributed by atoms with E-state index in [-0.39, 0.29) is 24.5 Å². The Hall–Kier alpha value is -2.93. The number of halogens is 3. The van der Waals surface area contributed by atoms with Crippen LogP contribution in [0.15, 0.2) is 38.8 Å².